The Morgan fingerprint density at radius 1 is 0.826 bits per heavy atom. The molecule has 0 heterocycles. The van der Waals surface area contributed by atoms with Crippen molar-refractivity contribution in [3.05, 3.63) is 65.4 Å². The van der Waals surface area contributed by atoms with Crippen molar-refractivity contribution in [2.45, 2.75) is 38.5 Å². The molecule has 122 valence electrons. The van der Waals surface area contributed by atoms with E-state index in [4.69, 9.17) is 5.73 Å². The van der Waals surface area contributed by atoms with Gasteiger partial charge in [0.25, 0.3) is 0 Å². The second-order valence-electron chi connectivity index (χ2n) is 5.84. The van der Waals surface area contributed by atoms with Crippen LogP contribution in [-0.2, 0) is 21.7 Å². The number of hydrogen-bond acceptors (Lipinski definition) is 0. The van der Waals surface area contributed by atoms with Gasteiger partial charge in [0.1, 0.15) is 0 Å². The molecule has 1 aliphatic rings. The summed E-state index contributed by atoms with van der Waals surface area (Å²) in [5, 5.41) is 0. The predicted molar refractivity (Wildman–Crippen MR) is 90.7 cm³/mol. The second kappa shape index (κ2) is 11.5. The summed E-state index contributed by atoms with van der Waals surface area (Å²) >= 11 is 0. The Balaban J connectivity index is 0. The van der Waals surface area contributed by atoms with Crippen LogP contribution in [0.3, 0.4) is 0 Å². The summed E-state index contributed by atoms with van der Waals surface area (Å²) in [6.07, 6.45) is 0. The minimum Gasteiger partial charge on any atom is -1.00 e. The summed E-state index contributed by atoms with van der Waals surface area (Å²) in [6.45, 7) is 8.49. The summed E-state index contributed by atoms with van der Waals surface area (Å²) in [6, 6.07) is 17.9. The van der Waals surface area contributed by atoms with Gasteiger partial charge in [0, 0.05) is 5.54 Å². The van der Waals surface area contributed by atoms with Crippen LogP contribution in [0.15, 0.2) is 48.5 Å². The van der Waals surface area contributed by atoms with Crippen LogP contribution in [0.2, 0.25) is 13.1 Å². The van der Waals surface area contributed by atoms with E-state index in [2.05, 4.69) is 61.6 Å². The largest absolute Gasteiger partial charge is 3.00 e. The van der Waals surface area contributed by atoms with Gasteiger partial charge in [0.15, 0.2) is 0 Å². The molecule has 3 rings (SSSR count). The standard InChI is InChI=1S/C15H15Si.C3H8N.2ClH.Ti/c1-16(2)15-13-9-5-3-7-11(13)12-8-4-6-10-14(12)15;1-3(2)4;;;/h3-10,15H,1-2H3;3-4H,1-2H3;2*1H;/q;-1;;;+3/p-2. The van der Waals surface area contributed by atoms with E-state index >= 15 is 0 Å². The van der Waals surface area contributed by atoms with Gasteiger partial charge >= 0.3 is 21.7 Å². The third-order valence-electron chi connectivity index (χ3n) is 3.41. The summed E-state index contributed by atoms with van der Waals surface area (Å²) in [4.78, 5) is 0. The average molecular weight is 400 g/mol. The summed E-state index contributed by atoms with van der Waals surface area (Å²) < 4.78 is 0. The molecule has 0 fully saturated rings. The third kappa shape index (κ3) is 6.04. The number of rotatable bonds is 1. The molecule has 2 radical (unpaired) electrons. The Morgan fingerprint density at radius 3 is 1.43 bits per heavy atom. The number of benzene rings is 2. The molecule has 0 unspecified atom stereocenters. The Bertz CT molecular complexity index is 542. The van der Waals surface area contributed by atoms with E-state index < -0.39 is 0 Å². The van der Waals surface area contributed by atoms with Crippen LogP contribution in [0, 0.1) is 0 Å². The van der Waals surface area contributed by atoms with Crippen LogP contribution in [-0.4, -0.2) is 14.8 Å². The first kappa shape index (κ1) is 25.2. The van der Waals surface area contributed by atoms with E-state index in [1.54, 1.807) is 11.1 Å². The zero-order valence-corrected chi connectivity index (χ0v) is 18.1. The molecule has 0 bridgehead atoms. The summed E-state index contributed by atoms with van der Waals surface area (Å²) in [7, 11) is -0.336. The Kier molecular flexibility index (Phi) is 12.5. The van der Waals surface area contributed by atoms with E-state index in [-0.39, 0.29) is 61.4 Å². The van der Waals surface area contributed by atoms with Crippen LogP contribution in [0.5, 0.6) is 0 Å². The van der Waals surface area contributed by atoms with Crippen LogP contribution in [0.4, 0.5) is 0 Å². The first-order valence-corrected chi connectivity index (χ1v) is 9.79. The van der Waals surface area contributed by atoms with Crippen molar-refractivity contribution in [2.75, 3.05) is 0 Å². The Morgan fingerprint density at radius 2 is 1.13 bits per heavy atom. The van der Waals surface area contributed by atoms with Crippen LogP contribution < -0.4 is 24.8 Å². The molecule has 0 saturated carbocycles. The molecular weight excluding hydrogens is 377 g/mol. The van der Waals surface area contributed by atoms with Crippen molar-refractivity contribution < 1.29 is 46.5 Å². The molecule has 1 nitrogen and oxygen atoms in total. The number of fused-ring (bicyclic) bond motifs is 3. The quantitative estimate of drug-likeness (QED) is 0.580. The molecule has 2 aromatic rings. The average Bonchev–Trinajstić information content (AvgIpc) is 2.72. The summed E-state index contributed by atoms with van der Waals surface area (Å²) in [5.74, 6) is 0. The number of nitrogens with one attached hydrogen (secondary N) is 1. The van der Waals surface area contributed by atoms with E-state index in [1.807, 2.05) is 13.8 Å². The van der Waals surface area contributed by atoms with Crippen LogP contribution >= 0.6 is 0 Å². The molecule has 0 aliphatic heterocycles. The van der Waals surface area contributed by atoms with E-state index in [1.165, 1.54) is 11.1 Å². The fourth-order valence-corrected chi connectivity index (χ4v) is 4.53. The predicted octanol–water partition coefficient (Wildman–Crippen LogP) is -0.455. The van der Waals surface area contributed by atoms with Crippen molar-refractivity contribution >= 4 is 8.80 Å². The summed E-state index contributed by atoms with van der Waals surface area (Å²) in [5.41, 5.74) is 13.3. The SMILES string of the molecule is CC(C)[NH-].C[Si](C)C1c2ccccc2-c2ccccc21.[Cl-].[Cl-].[Ti+3]. The fourth-order valence-electron chi connectivity index (χ4n) is 2.78. The Hall–Kier alpha value is -0.0888. The maximum atomic E-state index is 6.58. The maximum Gasteiger partial charge on any atom is 3.00 e. The molecular formula is C18H23Cl2NSiTi. The van der Waals surface area contributed by atoms with Crippen LogP contribution in [0.25, 0.3) is 16.9 Å². The molecule has 1 aliphatic carbocycles. The minimum atomic E-state index is -0.336. The van der Waals surface area contributed by atoms with Gasteiger partial charge in [-0.25, -0.2) is 0 Å². The van der Waals surface area contributed by atoms with Crippen molar-refractivity contribution in [3.63, 3.8) is 0 Å². The topological polar surface area (TPSA) is 23.8 Å². The molecule has 0 saturated heterocycles. The smallest absolute Gasteiger partial charge is 1.00 e. The molecule has 0 aromatic heterocycles. The monoisotopic (exact) mass is 399 g/mol. The Labute approximate surface area is 169 Å². The molecule has 2 aromatic carbocycles. The van der Waals surface area contributed by atoms with E-state index in [0.717, 1.165) is 0 Å². The molecule has 0 atom stereocenters. The molecule has 23 heavy (non-hydrogen) atoms. The second-order valence-corrected chi connectivity index (χ2v) is 8.57. The third-order valence-corrected chi connectivity index (χ3v) is 5.19. The van der Waals surface area contributed by atoms with Crippen molar-refractivity contribution in [1.82, 2.24) is 0 Å². The molecule has 5 heteroatoms. The first-order chi connectivity index (χ1) is 9.52. The van der Waals surface area contributed by atoms with Gasteiger partial charge in [-0.1, -0.05) is 75.5 Å². The van der Waals surface area contributed by atoms with Crippen LogP contribution in [0.1, 0.15) is 30.5 Å². The first-order valence-electron chi connectivity index (χ1n) is 7.21. The van der Waals surface area contributed by atoms with Gasteiger partial charge in [-0.15, -0.1) is 6.04 Å². The normalized spacial score (nSPS) is 11.3. The van der Waals surface area contributed by atoms with Gasteiger partial charge in [0.2, 0.25) is 0 Å². The van der Waals surface area contributed by atoms with E-state index in [9.17, 15) is 0 Å². The van der Waals surface area contributed by atoms with Gasteiger partial charge < -0.3 is 30.5 Å². The zero-order chi connectivity index (χ0) is 14.7. The van der Waals surface area contributed by atoms with Crippen molar-refractivity contribution in [2.24, 2.45) is 0 Å². The van der Waals surface area contributed by atoms with Gasteiger partial charge in [0.05, 0.1) is 8.80 Å². The zero-order valence-electron chi connectivity index (χ0n) is 14.0. The van der Waals surface area contributed by atoms with E-state index in [0.29, 0.717) is 5.54 Å². The van der Waals surface area contributed by atoms with Crippen molar-refractivity contribution in [1.29, 1.82) is 0 Å². The number of halogens is 2. The maximum absolute atomic E-state index is 6.58. The van der Waals surface area contributed by atoms with Gasteiger partial charge in [-0.05, 0) is 22.3 Å². The molecule has 0 amide bonds. The molecule has 0 spiro atoms. The van der Waals surface area contributed by atoms with Gasteiger partial charge in [-0.2, -0.15) is 0 Å². The molecule has 1 N–H and O–H groups in total. The minimum absolute atomic E-state index is 0. The van der Waals surface area contributed by atoms with Gasteiger partial charge in [-0.3, -0.25) is 0 Å². The fraction of sp³-hybridized carbons (Fsp3) is 0.333. The number of hydrogen-bond donors (Lipinski definition) is 0. The van der Waals surface area contributed by atoms with Crippen molar-refractivity contribution in [3.8, 4) is 11.1 Å².